The molecule has 0 nitrogen and oxygen atoms in total. The van der Waals surface area contributed by atoms with Crippen molar-refractivity contribution in [3.05, 3.63) is 182 Å². The van der Waals surface area contributed by atoms with Crippen LogP contribution in [0, 0.1) is 0 Å². The van der Waals surface area contributed by atoms with Gasteiger partial charge in [-0.3, -0.25) is 0 Å². The van der Waals surface area contributed by atoms with Crippen LogP contribution >= 0.6 is 22.7 Å². The summed E-state index contributed by atoms with van der Waals surface area (Å²) in [6.45, 7) is 0. The molecular formula is C52H30S2. The molecule has 0 atom stereocenters. The highest BCUT2D eigenvalue weighted by Gasteiger charge is 2.17. The summed E-state index contributed by atoms with van der Waals surface area (Å²) in [6.07, 6.45) is 0. The van der Waals surface area contributed by atoms with Crippen molar-refractivity contribution in [1.82, 2.24) is 0 Å². The summed E-state index contributed by atoms with van der Waals surface area (Å²) in [5, 5.41) is 15.8. The normalized spacial score (nSPS) is 12.1. The minimum atomic E-state index is 1.23. The summed E-state index contributed by atoms with van der Waals surface area (Å²) in [6, 6.07) is 67.8. The highest BCUT2D eigenvalue weighted by Crippen LogP contribution is 2.46. The van der Waals surface area contributed by atoms with Crippen LogP contribution in [-0.4, -0.2) is 0 Å². The molecule has 12 rings (SSSR count). The fourth-order valence-electron chi connectivity index (χ4n) is 8.97. The number of benzene rings is 10. The van der Waals surface area contributed by atoms with Gasteiger partial charge in [0.15, 0.2) is 0 Å². The first-order valence-electron chi connectivity index (χ1n) is 18.5. The fourth-order valence-corrected chi connectivity index (χ4v) is 11.4. The minimum Gasteiger partial charge on any atom is -0.135 e. The van der Waals surface area contributed by atoms with Crippen LogP contribution in [0.2, 0.25) is 0 Å². The van der Waals surface area contributed by atoms with Crippen LogP contribution in [0.3, 0.4) is 0 Å². The van der Waals surface area contributed by atoms with E-state index in [1.54, 1.807) is 0 Å². The van der Waals surface area contributed by atoms with Gasteiger partial charge in [0.25, 0.3) is 0 Å². The van der Waals surface area contributed by atoms with E-state index in [1.165, 1.54) is 117 Å². The van der Waals surface area contributed by atoms with E-state index in [1.807, 2.05) is 22.7 Å². The molecule has 0 N–H and O–H groups in total. The lowest BCUT2D eigenvalue weighted by Crippen LogP contribution is -1.89. The van der Waals surface area contributed by atoms with E-state index < -0.39 is 0 Å². The SMILES string of the molecule is c1ccc2c(-c3cccc4c(-c5ccc(-c6ccc7c(c6)sc6ccc8c(ccc9c%10ccccc%10sc98)c67)cc5)c5ccccc5cc34)cccc2c1. The molecule has 12 aromatic rings. The minimum absolute atomic E-state index is 1.23. The van der Waals surface area contributed by atoms with Crippen LogP contribution in [-0.2, 0) is 0 Å². The van der Waals surface area contributed by atoms with E-state index in [0.717, 1.165) is 0 Å². The Labute approximate surface area is 319 Å². The van der Waals surface area contributed by atoms with Crippen LogP contribution in [0.25, 0.3) is 117 Å². The van der Waals surface area contributed by atoms with Crippen molar-refractivity contribution in [3.8, 4) is 33.4 Å². The third-order valence-electron chi connectivity index (χ3n) is 11.5. The molecule has 2 aromatic heterocycles. The van der Waals surface area contributed by atoms with Gasteiger partial charge in [-0.25, -0.2) is 0 Å². The van der Waals surface area contributed by atoms with E-state index in [-0.39, 0.29) is 0 Å². The molecule has 10 aromatic carbocycles. The van der Waals surface area contributed by atoms with Crippen molar-refractivity contribution in [3.63, 3.8) is 0 Å². The number of thiophene rings is 2. The molecule has 0 aliphatic rings. The van der Waals surface area contributed by atoms with Gasteiger partial charge in [-0.2, -0.15) is 0 Å². The van der Waals surface area contributed by atoms with E-state index in [0.29, 0.717) is 0 Å². The predicted octanol–water partition coefficient (Wildman–Crippen LogP) is 16.0. The zero-order valence-electron chi connectivity index (χ0n) is 29.1. The second-order valence-electron chi connectivity index (χ2n) is 14.4. The number of rotatable bonds is 3. The zero-order chi connectivity index (χ0) is 35.3. The first-order chi connectivity index (χ1) is 26.8. The fraction of sp³-hybridized carbons (Fsp3) is 0. The van der Waals surface area contributed by atoms with Crippen molar-refractivity contribution < 1.29 is 0 Å². The van der Waals surface area contributed by atoms with Gasteiger partial charge in [0.1, 0.15) is 0 Å². The third kappa shape index (κ3) is 4.42. The first kappa shape index (κ1) is 30.2. The Morgan fingerprint density at radius 1 is 0.278 bits per heavy atom. The topological polar surface area (TPSA) is 0 Å². The average Bonchev–Trinajstić information content (AvgIpc) is 3.81. The molecule has 0 spiro atoms. The number of hydrogen-bond donors (Lipinski definition) is 0. The highest BCUT2D eigenvalue weighted by molar-refractivity contribution is 7.27. The van der Waals surface area contributed by atoms with Crippen molar-refractivity contribution >= 4 is 106 Å². The van der Waals surface area contributed by atoms with Crippen LogP contribution in [0.4, 0.5) is 0 Å². The quantitative estimate of drug-likeness (QED) is 0.160. The van der Waals surface area contributed by atoms with Gasteiger partial charge in [0.2, 0.25) is 0 Å². The van der Waals surface area contributed by atoms with Crippen LogP contribution in [0.5, 0.6) is 0 Å². The van der Waals surface area contributed by atoms with Gasteiger partial charge >= 0.3 is 0 Å². The van der Waals surface area contributed by atoms with Crippen molar-refractivity contribution in [2.45, 2.75) is 0 Å². The van der Waals surface area contributed by atoms with Gasteiger partial charge in [-0.05, 0) is 95.3 Å². The maximum absolute atomic E-state index is 2.39. The van der Waals surface area contributed by atoms with Gasteiger partial charge in [-0.1, -0.05) is 158 Å². The van der Waals surface area contributed by atoms with Crippen LogP contribution in [0.15, 0.2) is 182 Å². The van der Waals surface area contributed by atoms with Gasteiger partial charge in [-0.15, -0.1) is 22.7 Å². The molecule has 0 fully saturated rings. The Morgan fingerprint density at radius 2 is 0.889 bits per heavy atom. The molecule has 0 aliphatic heterocycles. The standard InChI is InChI=1S/C52H30S2/c1-3-12-36-32(9-1)11-7-15-38(36)39-16-8-17-41-46(39)29-35-10-2-4-13-37(35)50(41)33-21-19-31(20-22-33)34-23-24-45-49(30-34)53-48-28-27-44-42(51(45)48)25-26-43-40-14-5-6-18-47(40)54-52(43)44/h1-30H. The number of fused-ring (bicyclic) bond motifs is 12. The Kier molecular flexibility index (Phi) is 6.48. The second-order valence-corrected chi connectivity index (χ2v) is 16.5. The smallest absolute Gasteiger partial charge is 0.0434 e. The summed E-state index contributed by atoms with van der Waals surface area (Å²) in [4.78, 5) is 0. The maximum Gasteiger partial charge on any atom is 0.0434 e. The Hall–Kier alpha value is -6.32. The van der Waals surface area contributed by atoms with E-state index in [4.69, 9.17) is 0 Å². The molecule has 0 aliphatic carbocycles. The third-order valence-corrected chi connectivity index (χ3v) is 13.8. The van der Waals surface area contributed by atoms with Crippen molar-refractivity contribution in [2.24, 2.45) is 0 Å². The van der Waals surface area contributed by atoms with Crippen molar-refractivity contribution in [1.29, 1.82) is 0 Å². The largest absolute Gasteiger partial charge is 0.135 e. The summed E-state index contributed by atoms with van der Waals surface area (Å²) in [7, 11) is 0. The average molecular weight is 719 g/mol. The summed E-state index contributed by atoms with van der Waals surface area (Å²) in [5.41, 5.74) is 7.54. The molecule has 2 heterocycles. The molecule has 0 saturated heterocycles. The summed E-state index contributed by atoms with van der Waals surface area (Å²) in [5.74, 6) is 0. The van der Waals surface area contributed by atoms with Crippen LogP contribution in [0.1, 0.15) is 0 Å². The Morgan fingerprint density at radius 3 is 1.78 bits per heavy atom. The lowest BCUT2D eigenvalue weighted by molar-refractivity contribution is 1.64. The molecule has 0 radical (unpaired) electrons. The Balaban J connectivity index is 0.984. The Bertz CT molecular complexity index is 3480. The molecule has 0 bridgehead atoms. The van der Waals surface area contributed by atoms with Crippen LogP contribution < -0.4 is 0 Å². The van der Waals surface area contributed by atoms with Gasteiger partial charge in [0.05, 0.1) is 0 Å². The predicted molar refractivity (Wildman–Crippen MR) is 239 cm³/mol. The van der Waals surface area contributed by atoms with E-state index in [2.05, 4.69) is 182 Å². The monoisotopic (exact) mass is 718 g/mol. The second kappa shape index (κ2) is 11.6. The molecule has 0 unspecified atom stereocenters. The molecular weight excluding hydrogens is 689 g/mol. The van der Waals surface area contributed by atoms with Gasteiger partial charge < -0.3 is 0 Å². The van der Waals surface area contributed by atoms with Gasteiger partial charge in [0, 0.05) is 45.7 Å². The summed E-state index contributed by atoms with van der Waals surface area (Å²) < 4.78 is 5.41. The van der Waals surface area contributed by atoms with E-state index in [9.17, 15) is 0 Å². The number of hydrogen-bond acceptors (Lipinski definition) is 2. The van der Waals surface area contributed by atoms with Crippen molar-refractivity contribution in [2.75, 3.05) is 0 Å². The summed E-state index contributed by atoms with van der Waals surface area (Å²) >= 11 is 3.81. The molecule has 0 saturated carbocycles. The molecule has 54 heavy (non-hydrogen) atoms. The molecule has 2 heteroatoms. The first-order valence-corrected chi connectivity index (χ1v) is 20.1. The van der Waals surface area contributed by atoms with E-state index >= 15 is 0 Å². The maximum atomic E-state index is 2.39. The molecule has 250 valence electrons. The lowest BCUT2D eigenvalue weighted by Gasteiger charge is -2.16. The lowest BCUT2D eigenvalue weighted by atomic mass is 9.87. The molecule has 0 amide bonds. The highest BCUT2D eigenvalue weighted by atomic mass is 32.1. The zero-order valence-corrected chi connectivity index (χ0v) is 30.8.